The first-order valence-corrected chi connectivity index (χ1v) is 5.20. The van der Waals surface area contributed by atoms with Crippen LogP contribution in [0.5, 0.6) is 0 Å². The highest BCUT2D eigenvalue weighted by atomic mass is 16.1. The van der Waals surface area contributed by atoms with Crippen molar-refractivity contribution < 1.29 is 4.79 Å². The number of hydrogen-bond acceptors (Lipinski definition) is 2. The van der Waals surface area contributed by atoms with Crippen LogP contribution in [0, 0.1) is 0 Å². The summed E-state index contributed by atoms with van der Waals surface area (Å²) in [6.45, 7) is 3.62. The topological polar surface area (TPSA) is 43.1 Å². The van der Waals surface area contributed by atoms with Crippen molar-refractivity contribution in [1.29, 1.82) is 0 Å². The van der Waals surface area contributed by atoms with E-state index in [0.29, 0.717) is 6.42 Å². The van der Waals surface area contributed by atoms with E-state index in [1.165, 1.54) is 0 Å². The minimum absolute atomic E-state index is 0.100. The Hall–Kier alpha value is -1.41. The second-order valence-electron chi connectivity index (χ2n) is 3.54. The van der Waals surface area contributed by atoms with Gasteiger partial charge < -0.3 is 5.73 Å². The van der Waals surface area contributed by atoms with Crippen molar-refractivity contribution >= 4 is 5.78 Å². The Morgan fingerprint density at radius 1 is 1.40 bits per heavy atom. The van der Waals surface area contributed by atoms with E-state index in [0.717, 1.165) is 18.4 Å². The van der Waals surface area contributed by atoms with Crippen molar-refractivity contribution in [2.75, 3.05) is 0 Å². The van der Waals surface area contributed by atoms with Crippen LogP contribution >= 0.6 is 0 Å². The molecule has 2 heteroatoms. The van der Waals surface area contributed by atoms with Gasteiger partial charge in [-0.15, -0.1) is 6.58 Å². The molecule has 0 aliphatic rings. The van der Waals surface area contributed by atoms with Crippen LogP contribution in [-0.2, 0) is 4.79 Å². The fourth-order valence-corrected chi connectivity index (χ4v) is 1.42. The van der Waals surface area contributed by atoms with Gasteiger partial charge in [-0.3, -0.25) is 4.79 Å². The first-order chi connectivity index (χ1) is 7.25. The summed E-state index contributed by atoms with van der Waals surface area (Å²) in [5.74, 6) is 0.100. The molecular formula is C13H17NO. The molecule has 1 rings (SSSR count). The zero-order valence-corrected chi connectivity index (χ0v) is 8.86. The maximum Gasteiger partial charge on any atom is 0.154 e. The number of carbonyl (C=O) groups is 1. The van der Waals surface area contributed by atoms with Gasteiger partial charge in [-0.2, -0.15) is 0 Å². The van der Waals surface area contributed by atoms with Gasteiger partial charge in [0.05, 0.1) is 6.04 Å². The Bertz CT molecular complexity index is 319. The average molecular weight is 203 g/mol. The van der Waals surface area contributed by atoms with Crippen LogP contribution in [0.25, 0.3) is 0 Å². The molecule has 0 spiro atoms. The molecule has 80 valence electrons. The molecule has 2 N–H and O–H groups in total. The van der Waals surface area contributed by atoms with Gasteiger partial charge in [0.15, 0.2) is 5.78 Å². The van der Waals surface area contributed by atoms with E-state index in [9.17, 15) is 4.79 Å². The second-order valence-corrected chi connectivity index (χ2v) is 3.54. The fraction of sp³-hybridized carbons (Fsp3) is 0.308. The molecule has 0 bridgehead atoms. The SMILES string of the molecule is C=CCCCC(=O)[C@H](N)c1ccccc1. The number of ketones is 1. The highest BCUT2D eigenvalue weighted by molar-refractivity contribution is 5.85. The minimum Gasteiger partial charge on any atom is -0.318 e. The van der Waals surface area contributed by atoms with Crippen LogP contribution in [0.2, 0.25) is 0 Å². The van der Waals surface area contributed by atoms with Gasteiger partial charge in [-0.1, -0.05) is 36.4 Å². The van der Waals surface area contributed by atoms with Crippen molar-refractivity contribution in [3.05, 3.63) is 48.6 Å². The van der Waals surface area contributed by atoms with Gasteiger partial charge in [-0.05, 0) is 18.4 Å². The second kappa shape index (κ2) is 6.14. The Labute approximate surface area is 90.8 Å². The fourth-order valence-electron chi connectivity index (χ4n) is 1.42. The van der Waals surface area contributed by atoms with E-state index in [4.69, 9.17) is 5.73 Å². The van der Waals surface area contributed by atoms with E-state index in [1.807, 2.05) is 36.4 Å². The lowest BCUT2D eigenvalue weighted by Gasteiger charge is -2.10. The molecule has 0 aliphatic carbocycles. The predicted molar refractivity (Wildman–Crippen MR) is 62.4 cm³/mol. The van der Waals surface area contributed by atoms with Crippen LogP contribution < -0.4 is 5.73 Å². The van der Waals surface area contributed by atoms with Crippen LogP contribution in [-0.4, -0.2) is 5.78 Å². The van der Waals surface area contributed by atoms with Gasteiger partial charge in [0.2, 0.25) is 0 Å². The molecule has 1 aromatic rings. The molecule has 1 atom stereocenters. The Balaban J connectivity index is 2.50. The summed E-state index contributed by atoms with van der Waals surface area (Å²) in [5.41, 5.74) is 6.74. The molecule has 15 heavy (non-hydrogen) atoms. The van der Waals surface area contributed by atoms with Crippen LogP contribution in [0.4, 0.5) is 0 Å². The first kappa shape index (κ1) is 11.7. The molecule has 0 aromatic heterocycles. The summed E-state index contributed by atoms with van der Waals surface area (Å²) < 4.78 is 0. The van der Waals surface area contributed by atoms with Gasteiger partial charge in [0, 0.05) is 6.42 Å². The average Bonchev–Trinajstić information content (AvgIpc) is 2.29. The van der Waals surface area contributed by atoms with Gasteiger partial charge in [0.25, 0.3) is 0 Å². The third kappa shape index (κ3) is 3.68. The summed E-state index contributed by atoms with van der Waals surface area (Å²) in [6, 6.07) is 9.00. The largest absolute Gasteiger partial charge is 0.318 e. The molecule has 0 aliphatic heterocycles. The zero-order valence-electron chi connectivity index (χ0n) is 8.86. The molecule has 0 saturated carbocycles. The number of hydrogen-bond donors (Lipinski definition) is 1. The molecule has 2 nitrogen and oxygen atoms in total. The van der Waals surface area contributed by atoms with Crippen molar-refractivity contribution in [3.63, 3.8) is 0 Å². The van der Waals surface area contributed by atoms with Crippen molar-refractivity contribution in [1.82, 2.24) is 0 Å². The van der Waals surface area contributed by atoms with E-state index >= 15 is 0 Å². The first-order valence-electron chi connectivity index (χ1n) is 5.20. The monoisotopic (exact) mass is 203 g/mol. The summed E-state index contributed by atoms with van der Waals surface area (Å²) in [5, 5.41) is 0. The summed E-state index contributed by atoms with van der Waals surface area (Å²) in [6.07, 6.45) is 4.06. The smallest absolute Gasteiger partial charge is 0.154 e. The van der Waals surface area contributed by atoms with E-state index < -0.39 is 6.04 Å². The van der Waals surface area contributed by atoms with Gasteiger partial charge in [0.1, 0.15) is 0 Å². The maximum atomic E-state index is 11.7. The van der Waals surface area contributed by atoms with Gasteiger partial charge in [-0.25, -0.2) is 0 Å². The summed E-state index contributed by atoms with van der Waals surface area (Å²) >= 11 is 0. The maximum absolute atomic E-state index is 11.7. The van der Waals surface area contributed by atoms with Gasteiger partial charge >= 0.3 is 0 Å². The van der Waals surface area contributed by atoms with E-state index in [-0.39, 0.29) is 5.78 Å². The molecule has 0 amide bonds. The summed E-state index contributed by atoms with van der Waals surface area (Å²) in [4.78, 5) is 11.7. The number of rotatable bonds is 6. The summed E-state index contributed by atoms with van der Waals surface area (Å²) in [7, 11) is 0. The lowest BCUT2D eigenvalue weighted by atomic mass is 10.00. The molecule has 0 saturated heterocycles. The normalized spacial score (nSPS) is 12.1. The van der Waals surface area contributed by atoms with Crippen molar-refractivity contribution in [3.8, 4) is 0 Å². The lowest BCUT2D eigenvalue weighted by Crippen LogP contribution is -2.21. The Kier molecular flexibility index (Phi) is 4.78. The number of carbonyl (C=O) groups excluding carboxylic acids is 1. The van der Waals surface area contributed by atoms with E-state index in [2.05, 4.69) is 6.58 Å². The Morgan fingerprint density at radius 3 is 2.67 bits per heavy atom. The van der Waals surface area contributed by atoms with Crippen LogP contribution in [0.15, 0.2) is 43.0 Å². The van der Waals surface area contributed by atoms with Crippen molar-refractivity contribution in [2.45, 2.75) is 25.3 Å². The van der Waals surface area contributed by atoms with Crippen LogP contribution in [0.1, 0.15) is 30.9 Å². The third-order valence-electron chi connectivity index (χ3n) is 2.34. The standard InChI is InChI=1S/C13H17NO/c1-2-3-5-10-12(15)13(14)11-8-6-4-7-9-11/h2,4,6-9,13H,1,3,5,10,14H2/t13-/m1/s1. The van der Waals surface area contributed by atoms with Crippen molar-refractivity contribution in [2.24, 2.45) is 5.73 Å². The third-order valence-corrected chi connectivity index (χ3v) is 2.34. The highest BCUT2D eigenvalue weighted by Gasteiger charge is 2.13. The van der Waals surface area contributed by atoms with E-state index in [1.54, 1.807) is 0 Å². The lowest BCUT2D eigenvalue weighted by molar-refractivity contribution is -0.120. The molecule has 1 aromatic carbocycles. The number of Topliss-reactive ketones (excluding diaryl/α,β-unsaturated/α-hetero) is 1. The molecule has 0 fully saturated rings. The molecule has 0 unspecified atom stereocenters. The van der Waals surface area contributed by atoms with Crippen LogP contribution in [0.3, 0.4) is 0 Å². The highest BCUT2D eigenvalue weighted by Crippen LogP contribution is 2.13. The number of allylic oxidation sites excluding steroid dienone is 1. The predicted octanol–water partition coefficient (Wildman–Crippen LogP) is 2.61. The number of unbranched alkanes of at least 4 members (excludes halogenated alkanes) is 1. The molecule has 0 radical (unpaired) electrons. The molecule has 0 heterocycles. The number of nitrogens with two attached hydrogens (primary N) is 1. The zero-order chi connectivity index (χ0) is 11.1. The number of benzene rings is 1. The quantitative estimate of drug-likeness (QED) is 0.570. The minimum atomic E-state index is -0.476. The molecular weight excluding hydrogens is 186 g/mol. The Morgan fingerprint density at radius 2 is 2.07 bits per heavy atom.